The first-order chi connectivity index (χ1) is 22.0. The predicted molar refractivity (Wildman–Crippen MR) is 160 cm³/mol. The Balaban J connectivity index is 1.39. The number of hydrogen-bond acceptors (Lipinski definition) is 5. The van der Waals surface area contributed by atoms with E-state index in [1.54, 1.807) is 7.05 Å². The fraction of sp³-hybridized carbons (Fsp3) is 0.448. The second kappa shape index (κ2) is 13.4. The molecule has 0 unspecified atom stereocenters. The number of halogens is 9. The molecule has 9 nitrogen and oxygen atoms in total. The first-order valence-corrected chi connectivity index (χ1v) is 15.0. The average Bonchev–Trinajstić information content (AvgIpc) is 3.29. The van der Waals surface area contributed by atoms with Crippen LogP contribution in [0.25, 0.3) is 11.0 Å². The second-order valence-corrected chi connectivity index (χ2v) is 12.0. The van der Waals surface area contributed by atoms with Crippen molar-refractivity contribution in [1.29, 1.82) is 0 Å². The summed E-state index contributed by atoms with van der Waals surface area (Å²) in [6.07, 6.45) is -7.72. The minimum absolute atomic E-state index is 0.0402. The quantitative estimate of drug-likeness (QED) is 0.233. The van der Waals surface area contributed by atoms with Crippen molar-refractivity contribution in [3.05, 3.63) is 45.4 Å². The Hall–Kier alpha value is -3.79. The van der Waals surface area contributed by atoms with E-state index in [0.717, 1.165) is 4.90 Å². The SMILES string of the molecule is Cn1c(Nc2c(Cl)ccc(CNC(=O)N3CC(F)(F)C3)c2Cl)nc2cc(C(=O)N=C3CCC(C(F)(F)F)CC3)c(OCC(F)F)cc21. The summed E-state index contributed by atoms with van der Waals surface area (Å²) in [6.45, 7) is -2.52. The number of aromatic nitrogens is 2. The Bertz CT molecular complexity index is 1710. The molecule has 254 valence electrons. The number of amides is 3. The number of ether oxygens (including phenoxy) is 1. The van der Waals surface area contributed by atoms with Crippen molar-refractivity contribution in [1.82, 2.24) is 19.8 Å². The van der Waals surface area contributed by atoms with Crippen LogP contribution in [0.2, 0.25) is 10.0 Å². The molecule has 1 saturated carbocycles. The number of carbonyl (C=O) groups is 2. The van der Waals surface area contributed by atoms with E-state index in [2.05, 4.69) is 20.6 Å². The molecule has 2 aromatic carbocycles. The maximum Gasteiger partial charge on any atom is 0.391 e. The van der Waals surface area contributed by atoms with Crippen molar-refractivity contribution >= 4 is 63.5 Å². The Morgan fingerprint density at radius 3 is 2.45 bits per heavy atom. The molecule has 2 N–H and O–H groups in total. The van der Waals surface area contributed by atoms with Crippen molar-refractivity contribution in [3.63, 3.8) is 0 Å². The van der Waals surface area contributed by atoms with Gasteiger partial charge in [-0.1, -0.05) is 29.3 Å². The molecule has 1 aliphatic heterocycles. The van der Waals surface area contributed by atoms with E-state index in [-0.39, 0.29) is 76.5 Å². The number of likely N-dealkylation sites (tertiary alicyclic amines) is 1. The number of urea groups is 1. The standard InChI is InChI=1S/C29H27Cl2F7N6O3/c1-43-20-9-21(47-11-22(32)33)17(25(45)40-16-5-3-15(4-6-16)29(36,37)38)8-19(20)41-26(43)42-24-18(30)7-2-14(23(24)31)10-39-27(46)44-12-28(34,35)13-44/h2,7-9,15,22H,3-6,10-13H2,1H3,(H,39,46)(H,41,42). The zero-order valence-electron chi connectivity index (χ0n) is 24.5. The van der Waals surface area contributed by atoms with Gasteiger partial charge in [0.1, 0.15) is 12.4 Å². The highest BCUT2D eigenvalue weighted by atomic mass is 35.5. The van der Waals surface area contributed by atoms with Gasteiger partial charge in [-0.3, -0.25) is 4.79 Å². The number of imidazole rings is 1. The molecule has 0 spiro atoms. The lowest BCUT2D eigenvalue weighted by Gasteiger charge is -2.38. The van der Waals surface area contributed by atoms with E-state index in [4.69, 9.17) is 27.9 Å². The molecule has 3 amide bonds. The normalized spacial score (nSPS) is 17.9. The van der Waals surface area contributed by atoms with Gasteiger partial charge in [0.15, 0.2) is 0 Å². The topological polar surface area (TPSA) is 101 Å². The molecule has 0 bridgehead atoms. The molecule has 1 aliphatic carbocycles. The Labute approximate surface area is 273 Å². The highest BCUT2D eigenvalue weighted by Crippen LogP contribution is 2.39. The largest absolute Gasteiger partial charge is 0.487 e. The number of nitrogens with zero attached hydrogens (tertiary/aromatic N) is 4. The zero-order valence-corrected chi connectivity index (χ0v) is 26.0. The first-order valence-electron chi connectivity index (χ1n) is 14.3. The molecule has 47 heavy (non-hydrogen) atoms. The van der Waals surface area contributed by atoms with Gasteiger partial charge in [-0.05, 0) is 43.4 Å². The fourth-order valence-electron chi connectivity index (χ4n) is 5.26. The van der Waals surface area contributed by atoms with Crippen LogP contribution in [0.4, 0.5) is 47.2 Å². The predicted octanol–water partition coefficient (Wildman–Crippen LogP) is 7.76. The molecule has 5 rings (SSSR count). The number of anilines is 2. The van der Waals surface area contributed by atoms with Gasteiger partial charge in [0.2, 0.25) is 5.95 Å². The third-order valence-corrected chi connectivity index (χ3v) is 8.58. The summed E-state index contributed by atoms with van der Waals surface area (Å²) in [4.78, 5) is 34.8. The van der Waals surface area contributed by atoms with Crippen molar-refractivity contribution in [3.8, 4) is 5.75 Å². The summed E-state index contributed by atoms with van der Waals surface area (Å²) >= 11 is 13.0. The number of aryl methyl sites for hydroxylation is 1. The minimum atomic E-state index is -4.34. The number of nitrogens with one attached hydrogen (secondary N) is 2. The van der Waals surface area contributed by atoms with Crippen LogP contribution >= 0.6 is 23.2 Å². The summed E-state index contributed by atoms with van der Waals surface area (Å²) in [6, 6.07) is 4.94. The maximum atomic E-state index is 13.2. The van der Waals surface area contributed by atoms with Crippen LogP contribution in [0.15, 0.2) is 29.3 Å². The molecule has 18 heteroatoms. The molecule has 3 aromatic rings. The summed E-state index contributed by atoms with van der Waals surface area (Å²) in [5.41, 5.74) is 1.19. The number of hydrogen-bond donors (Lipinski definition) is 2. The van der Waals surface area contributed by atoms with E-state index in [1.807, 2.05) is 0 Å². The average molecular weight is 711 g/mol. The summed E-state index contributed by atoms with van der Waals surface area (Å²) in [7, 11) is 1.57. The third kappa shape index (κ3) is 7.86. The van der Waals surface area contributed by atoms with Crippen LogP contribution in [0.1, 0.15) is 41.6 Å². The molecule has 2 aliphatic rings. The van der Waals surface area contributed by atoms with Gasteiger partial charge in [-0.2, -0.15) is 13.2 Å². The van der Waals surface area contributed by atoms with Crippen molar-refractivity contribution < 1.29 is 45.1 Å². The van der Waals surface area contributed by atoms with E-state index in [9.17, 15) is 40.3 Å². The Kier molecular flexibility index (Phi) is 9.83. The van der Waals surface area contributed by atoms with E-state index < -0.39 is 56.1 Å². The van der Waals surface area contributed by atoms with Crippen LogP contribution in [-0.2, 0) is 13.6 Å². The van der Waals surface area contributed by atoms with Gasteiger partial charge in [0, 0.05) is 25.4 Å². The lowest BCUT2D eigenvalue weighted by molar-refractivity contribution is -0.178. The molecule has 2 heterocycles. The third-order valence-electron chi connectivity index (χ3n) is 7.83. The van der Waals surface area contributed by atoms with Gasteiger partial charge < -0.3 is 24.8 Å². The second-order valence-electron chi connectivity index (χ2n) is 11.2. The monoisotopic (exact) mass is 710 g/mol. The van der Waals surface area contributed by atoms with Gasteiger partial charge >= 0.3 is 12.2 Å². The maximum absolute atomic E-state index is 13.2. The van der Waals surface area contributed by atoms with Crippen LogP contribution in [-0.4, -0.2) is 70.3 Å². The molecular weight excluding hydrogens is 684 g/mol. The van der Waals surface area contributed by atoms with Crippen LogP contribution in [0, 0.1) is 5.92 Å². The van der Waals surface area contributed by atoms with Crippen molar-refractivity contribution in [2.75, 3.05) is 25.0 Å². The number of rotatable bonds is 8. The highest BCUT2D eigenvalue weighted by molar-refractivity contribution is 6.39. The van der Waals surface area contributed by atoms with E-state index >= 15 is 0 Å². The lowest BCUT2D eigenvalue weighted by Crippen LogP contribution is -2.60. The smallest absolute Gasteiger partial charge is 0.391 e. The molecule has 0 atom stereocenters. The number of aliphatic imine (C=N–C) groups is 1. The molecular formula is C29H27Cl2F7N6O3. The van der Waals surface area contributed by atoms with Crippen LogP contribution in [0.3, 0.4) is 0 Å². The van der Waals surface area contributed by atoms with Crippen LogP contribution in [0.5, 0.6) is 5.75 Å². The fourth-order valence-corrected chi connectivity index (χ4v) is 5.79. The van der Waals surface area contributed by atoms with Gasteiger partial charge in [0.25, 0.3) is 18.3 Å². The van der Waals surface area contributed by atoms with Gasteiger partial charge in [-0.25, -0.2) is 32.3 Å². The van der Waals surface area contributed by atoms with E-state index in [1.165, 1.54) is 28.8 Å². The highest BCUT2D eigenvalue weighted by Gasteiger charge is 2.46. The number of benzene rings is 2. The molecule has 2 fully saturated rings. The Morgan fingerprint density at radius 1 is 1.15 bits per heavy atom. The van der Waals surface area contributed by atoms with Gasteiger partial charge in [-0.15, -0.1) is 0 Å². The summed E-state index contributed by atoms with van der Waals surface area (Å²) in [5.74, 6) is -5.36. The van der Waals surface area contributed by atoms with Crippen molar-refractivity contribution in [2.45, 2.75) is 50.8 Å². The van der Waals surface area contributed by atoms with Crippen molar-refractivity contribution in [2.24, 2.45) is 18.0 Å². The molecule has 1 aromatic heterocycles. The lowest BCUT2D eigenvalue weighted by atomic mass is 9.87. The molecule has 0 radical (unpaired) electrons. The minimum Gasteiger partial charge on any atom is -0.487 e. The van der Waals surface area contributed by atoms with Crippen LogP contribution < -0.4 is 15.4 Å². The van der Waals surface area contributed by atoms with Gasteiger partial charge in [0.05, 0.1) is 51.3 Å². The van der Waals surface area contributed by atoms with E-state index in [0.29, 0.717) is 11.1 Å². The zero-order chi connectivity index (χ0) is 34.3. The number of fused-ring (bicyclic) bond motifs is 1. The Morgan fingerprint density at radius 2 is 1.83 bits per heavy atom. The first kappa shape index (κ1) is 34.5. The molecule has 1 saturated heterocycles. The number of alkyl halides is 7. The summed E-state index contributed by atoms with van der Waals surface area (Å²) < 4.78 is 98.3. The number of carbonyl (C=O) groups excluding carboxylic acids is 2. The summed E-state index contributed by atoms with van der Waals surface area (Å²) in [5, 5.41) is 5.75.